The van der Waals surface area contributed by atoms with Crippen LogP contribution in [0.4, 0.5) is 5.69 Å². The van der Waals surface area contributed by atoms with Crippen LogP contribution in [-0.4, -0.2) is 28.5 Å². The van der Waals surface area contributed by atoms with Crippen LogP contribution in [0.5, 0.6) is 0 Å². The molecular formula is C9H10N2O3. The van der Waals surface area contributed by atoms with Crippen LogP contribution in [0.25, 0.3) is 0 Å². The van der Waals surface area contributed by atoms with Crippen LogP contribution in [-0.2, 0) is 4.79 Å². The second-order valence-electron chi connectivity index (χ2n) is 3.13. The van der Waals surface area contributed by atoms with E-state index in [9.17, 15) is 15.0 Å². The van der Waals surface area contributed by atoms with Gasteiger partial charge in [-0.3, -0.25) is 4.79 Å². The zero-order valence-electron chi connectivity index (χ0n) is 7.34. The number of nitrogens with one attached hydrogen (secondary N) is 1. The fourth-order valence-electron chi connectivity index (χ4n) is 1.30. The highest BCUT2D eigenvalue weighted by molar-refractivity contribution is 5.99. The Morgan fingerprint density at radius 3 is 2.43 bits per heavy atom. The lowest BCUT2D eigenvalue weighted by Gasteiger charge is -2.16. The van der Waals surface area contributed by atoms with Crippen molar-refractivity contribution in [2.75, 3.05) is 11.6 Å². The summed E-state index contributed by atoms with van der Waals surface area (Å²) in [6.45, 7) is -0.194. The number of benzene rings is 1. The number of β-amino-alcohol motifs (C(OH)–C–C–N with tert-alkyl or cyclic N) is 2. The molecule has 0 unspecified atom stereocenters. The fraction of sp³-hybridized carbons (Fsp3) is 0.222. The van der Waals surface area contributed by atoms with Gasteiger partial charge in [0, 0.05) is 0 Å². The number of hydrogen-bond donors (Lipinski definition) is 3. The Morgan fingerprint density at radius 2 is 1.93 bits per heavy atom. The first-order valence-corrected chi connectivity index (χ1v) is 4.19. The van der Waals surface area contributed by atoms with E-state index in [0.717, 1.165) is 5.01 Å². The van der Waals surface area contributed by atoms with Gasteiger partial charge in [-0.2, -0.15) is 0 Å². The van der Waals surface area contributed by atoms with E-state index in [-0.39, 0.29) is 6.54 Å². The lowest BCUT2D eigenvalue weighted by atomic mass is 10.2. The SMILES string of the molecule is O=C1N(c2ccccc2)NCC1(O)O. The van der Waals surface area contributed by atoms with Crippen molar-refractivity contribution in [1.82, 2.24) is 5.43 Å². The summed E-state index contributed by atoms with van der Waals surface area (Å²) in [6.07, 6.45) is 0. The second-order valence-corrected chi connectivity index (χ2v) is 3.13. The van der Waals surface area contributed by atoms with E-state index in [2.05, 4.69) is 5.43 Å². The summed E-state index contributed by atoms with van der Waals surface area (Å²) in [5.74, 6) is -3.06. The smallest absolute Gasteiger partial charge is 0.302 e. The van der Waals surface area contributed by atoms with Gasteiger partial charge in [0.05, 0.1) is 12.2 Å². The van der Waals surface area contributed by atoms with Crippen LogP contribution in [0.2, 0.25) is 0 Å². The number of carbonyl (C=O) groups is 1. The Morgan fingerprint density at radius 1 is 1.29 bits per heavy atom. The van der Waals surface area contributed by atoms with Gasteiger partial charge in [0.15, 0.2) is 0 Å². The minimum atomic E-state index is -2.30. The topological polar surface area (TPSA) is 72.8 Å². The van der Waals surface area contributed by atoms with Crippen molar-refractivity contribution in [3.63, 3.8) is 0 Å². The number of para-hydroxylation sites is 1. The highest BCUT2D eigenvalue weighted by atomic mass is 16.5. The van der Waals surface area contributed by atoms with Gasteiger partial charge in [-0.1, -0.05) is 18.2 Å². The van der Waals surface area contributed by atoms with E-state index in [1.54, 1.807) is 24.3 Å². The van der Waals surface area contributed by atoms with Crippen molar-refractivity contribution in [2.24, 2.45) is 0 Å². The largest absolute Gasteiger partial charge is 0.357 e. The molecule has 14 heavy (non-hydrogen) atoms. The Balaban J connectivity index is 2.27. The third-order valence-corrected chi connectivity index (χ3v) is 2.04. The number of aliphatic hydroxyl groups is 2. The van der Waals surface area contributed by atoms with Gasteiger partial charge < -0.3 is 10.2 Å². The van der Waals surface area contributed by atoms with Crippen molar-refractivity contribution in [3.8, 4) is 0 Å². The molecule has 0 aromatic heterocycles. The van der Waals surface area contributed by atoms with Crippen molar-refractivity contribution in [1.29, 1.82) is 0 Å². The van der Waals surface area contributed by atoms with Gasteiger partial charge >= 0.3 is 5.91 Å². The molecule has 1 aromatic rings. The summed E-state index contributed by atoms with van der Waals surface area (Å²) in [5, 5.41) is 19.5. The fourth-order valence-corrected chi connectivity index (χ4v) is 1.30. The highest BCUT2D eigenvalue weighted by Crippen LogP contribution is 2.19. The summed E-state index contributed by atoms with van der Waals surface area (Å²) in [7, 11) is 0. The van der Waals surface area contributed by atoms with E-state index in [4.69, 9.17) is 0 Å². The first-order valence-electron chi connectivity index (χ1n) is 4.19. The molecule has 5 heteroatoms. The number of amides is 1. The Bertz CT molecular complexity index is 350. The number of hydrazine groups is 1. The second kappa shape index (κ2) is 3.06. The van der Waals surface area contributed by atoms with E-state index in [0.29, 0.717) is 5.69 Å². The molecule has 1 amide bonds. The summed E-state index contributed by atoms with van der Waals surface area (Å²) in [6, 6.07) is 8.74. The zero-order valence-corrected chi connectivity index (χ0v) is 7.34. The number of carbonyl (C=O) groups excluding carboxylic acids is 1. The van der Waals surface area contributed by atoms with Gasteiger partial charge in [0.25, 0.3) is 5.79 Å². The number of nitrogens with zero attached hydrogens (tertiary/aromatic N) is 1. The van der Waals surface area contributed by atoms with Gasteiger partial charge in [-0.05, 0) is 12.1 Å². The van der Waals surface area contributed by atoms with Gasteiger partial charge in [0.1, 0.15) is 0 Å². The molecule has 0 spiro atoms. The Kier molecular flexibility index (Phi) is 1.99. The normalized spacial score (nSPS) is 20.1. The highest BCUT2D eigenvalue weighted by Gasteiger charge is 2.44. The maximum absolute atomic E-state index is 11.4. The number of hydrogen-bond acceptors (Lipinski definition) is 4. The van der Waals surface area contributed by atoms with Crippen LogP contribution >= 0.6 is 0 Å². The molecule has 0 aliphatic carbocycles. The van der Waals surface area contributed by atoms with Crippen LogP contribution in [0.1, 0.15) is 0 Å². The maximum Gasteiger partial charge on any atom is 0.302 e. The monoisotopic (exact) mass is 194 g/mol. The maximum atomic E-state index is 11.4. The predicted octanol–water partition coefficient (Wildman–Crippen LogP) is -0.781. The van der Waals surface area contributed by atoms with Crippen molar-refractivity contribution in [3.05, 3.63) is 30.3 Å². The molecule has 0 bridgehead atoms. The van der Waals surface area contributed by atoms with Gasteiger partial charge in [-0.15, -0.1) is 0 Å². The molecule has 2 rings (SSSR count). The van der Waals surface area contributed by atoms with Crippen LogP contribution in [0.3, 0.4) is 0 Å². The average Bonchev–Trinajstić information content (AvgIpc) is 2.44. The third-order valence-electron chi connectivity index (χ3n) is 2.04. The van der Waals surface area contributed by atoms with Crippen molar-refractivity contribution in [2.45, 2.75) is 5.79 Å². The lowest BCUT2D eigenvalue weighted by molar-refractivity contribution is -0.170. The van der Waals surface area contributed by atoms with Gasteiger partial charge in [0.2, 0.25) is 0 Å². The first-order chi connectivity index (χ1) is 6.61. The molecular weight excluding hydrogens is 184 g/mol. The van der Waals surface area contributed by atoms with Crippen LogP contribution < -0.4 is 10.4 Å². The summed E-state index contributed by atoms with van der Waals surface area (Å²) in [5.41, 5.74) is 3.18. The molecule has 5 nitrogen and oxygen atoms in total. The van der Waals surface area contributed by atoms with Gasteiger partial charge in [-0.25, -0.2) is 10.4 Å². The molecule has 74 valence electrons. The number of rotatable bonds is 1. The quantitative estimate of drug-likeness (QED) is 0.513. The Hall–Kier alpha value is -1.43. The third kappa shape index (κ3) is 1.37. The van der Waals surface area contributed by atoms with E-state index in [1.165, 1.54) is 0 Å². The standard InChI is InChI=1S/C9H10N2O3/c12-8-9(13,14)6-10-11(8)7-4-2-1-3-5-7/h1-5,10,13-14H,6H2. The zero-order chi connectivity index (χ0) is 10.2. The average molecular weight is 194 g/mol. The van der Waals surface area contributed by atoms with Crippen LogP contribution in [0, 0.1) is 0 Å². The molecule has 3 N–H and O–H groups in total. The van der Waals surface area contributed by atoms with E-state index in [1.807, 2.05) is 6.07 Å². The molecule has 1 saturated heterocycles. The minimum absolute atomic E-state index is 0.194. The lowest BCUT2D eigenvalue weighted by Crippen LogP contribution is -2.41. The first kappa shape index (κ1) is 9.14. The minimum Gasteiger partial charge on any atom is -0.357 e. The molecule has 1 heterocycles. The summed E-state index contributed by atoms with van der Waals surface area (Å²) >= 11 is 0. The molecule has 1 fully saturated rings. The Labute approximate surface area is 80.6 Å². The summed E-state index contributed by atoms with van der Waals surface area (Å²) in [4.78, 5) is 11.4. The summed E-state index contributed by atoms with van der Waals surface area (Å²) < 4.78 is 0. The predicted molar refractivity (Wildman–Crippen MR) is 49.1 cm³/mol. The number of anilines is 1. The molecule has 1 aromatic carbocycles. The van der Waals surface area contributed by atoms with Crippen molar-refractivity contribution >= 4 is 11.6 Å². The van der Waals surface area contributed by atoms with Crippen LogP contribution in [0.15, 0.2) is 30.3 Å². The van der Waals surface area contributed by atoms with E-state index < -0.39 is 11.7 Å². The molecule has 1 aliphatic rings. The van der Waals surface area contributed by atoms with Crippen molar-refractivity contribution < 1.29 is 15.0 Å². The van der Waals surface area contributed by atoms with E-state index >= 15 is 0 Å². The molecule has 1 aliphatic heterocycles. The molecule has 0 radical (unpaired) electrons. The molecule has 0 saturated carbocycles. The molecule has 0 atom stereocenters.